The van der Waals surface area contributed by atoms with Crippen LogP contribution in [-0.4, -0.2) is 34.7 Å². The van der Waals surface area contributed by atoms with Crippen LogP contribution in [0.15, 0.2) is 22.8 Å². The number of carbonyl (C=O) groups excluding carboxylic acids is 1. The average molecular weight is 227 g/mol. The van der Waals surface area contributed by atoms with Crippen LogP contribution in [0.2, 0.25) is 0 Å². The number of hydrogen-bond donors (Lipinski definition) is 3. The van der Waals surface area contributed by atoms with Crippen molar-refractivity contribution in [3.63, 3.8) is 0 Å². The highest BCUT2D eigenvalue weighted by atomic mass is 16.4. The summed E-state index contributed by atoms with van der Waals surface area (Å²) in [5.41, 5.74) is 0. The zero-order valence-electron chi connectivity index (χ0n) is 8.55. The molecule has 3 N–H and O–H groups in total. The maximum absolute atomic E-state index is 11.2. The summed E-state index contributed by atoms with van der Waals surface area (Å²) in [6.45, 7) is -0.285. The highest BCUT2D eigenvalue weighted by Crippen LogP contribution is 2.03. The number of carboxylic acid groups (broad SMARTS) is 1. The molecule has 0 aromatic carbocycles. The minimum absolute atomic E-state index is 0.194. The van der Waals surface area contributed by atoms with Gasteiger partial charge in [0.25, 0.3) is 0 Å². The molecule has 0 aliphatic heterocycles. The van der Waals surface area contributed by atoms with Gasteiger partial charge in [0.05, 0.1) is 12.8 Å². The fourth-order valence-corrected chi connectivity index (χ4v) is 1.08. The minimum atomic E-state index is -1.56. The fourth-order valence-electron chi connectivity index (χ4n) is 1.08. The number of rotatable bonds is 6. The van der Waals surface area contributed by atoms with Crippen LogP contribution < -0.4 is 5.32 Å². The quantitative estimate of drug-likeness (QED) is 0.623. The van der Waals surface area contributed by atoms with Crippen molar-refractivity contribution in [3.8, 4) is 0 Å². The van der Waals surface area contributed by atoms with E-state index in [1.165, 1.54) is 6.26 Å². The first-order valence-electron chi connectivity index (χ1n) is 4.79. The smallest absolute Gasteiger partial charge is 0.334 e. The third-order valence-electron chi connectivity index (χ3n) is 1.96. The summed E-state index contributed by atoms with van der Waals surface area (Å²) >= 11 is 0. The van der Waals surface area contributed by atoms with E-state index in [2.05, 4.69) is 5.32 Å². The number of hydrogen-bond acceptors (Lipinski definition) is 4. The van der Waals surface area contributed by atoms with Gasteiger partial charge >= 0.3 is 5.97 Å². The molecule has 1 heterocycles. The molecule has 1 aromatic rings. The van der Waals surface area contributed by atoms with Crippen molar-refractivity contribution in [1.29, 1.82) is 0 Å². The maximum Gasteiger partial charge on any atom is 0.334 e. The van der Waals surface area contributed by atoms with E-state index in [0.717, 1.165) is 0 Å². The molecule has 6 heteroatoms. The number of aliphatic carboxylic acids is 1. The minimum Gasteiger partial charge on any atom is -0.479 e. The van der Waals surface area contributed by atoms with Gasteiger partial charge in [0.1, 0.15) is 5.76 Å². The lowest BCUT2D eigenvalue weighted by molar-refractivity contribution is -0.146. The summed E-state index contributed by atoms with van der Waals surface area (Å²) in [6, 6.07) is 3.47. The number of nitrogens with one attached hydrogen (secondary N) is 1. The molecule has 0 saturated carbocycles. The first kappa shape index (κ1) is 12.3. The number of furan rings is 1. The SMILES string of the molecule is O=C(CCc1ccco1)NCC(O)C(=O)O. The van der Waals surface area contributed by atoms with Crippen LogP contribution in [0.4, 0.5) is 0 Å². The molecule has 6 nitrogen and oxygen atoms in total. The molecule has 0 fully saturated rings. The van der Waals surface area contributed by atoms with Crippen LogP contribution in [0.5, 0.6) is 0 Å². The first-order valence-corrected chi connectivity index (χ1v) is 4.79. The highest BCUT2D eigenvalue weighted by molar-refractivity contribution is 5.78. The van der Waals surface area contributed by atoms with E-state index in [9.17, 15) is 9.59 Å². The molecule has 0 saturated heterocycles. The highest BCUT2D eigenvalue weighted by Gasteiger charge is 2.13. The molecular formula is C10H13NO5. The average Bonchev–Trinajstić information content (AvgIpc) is 2.75. The standard InChI is InChI=1S/C10H13NO5/c12-8(10(14)15)6-11-9(13)4-3-7-2-1-5-16-7/h1-2,5,8,12H,3-4,6H2,(H,11,13)(H,14,15). The molecular weight excluding hydrogens is 214 g/mol. The molecule has 0 aliphatic rings. The molecule has 1 unspecified atom stereocenters. The van der Waals surface area contributed by atoms with Gasteiger partial charge < -0.3 is 19.9 Å². The zero-order chi connectivity index (χ0) is 12.0. The van der Waals surface area contributed by atoms with Gasteiger partial charge in [0.2, 0.25) is 5.91 Å². The van der Waals surface area contributed by atoms with Crippen LogP contribution in [0.3, 0.4) is 0 Å². The molecule has 88 valence electrons. The van der Waals surface area contributed by atoms with E-state index in [4.69, 9.17) is 14.6 Å². The molecule has 16 heavy (non-hydrogen) atoms. The number of carboxylic acids is 1. The lowest BCUT2D eigenvalue weighted by Gasteiger charge is -2.06. The second-order valence-corrected chi connectivity index (χ2v) is 3.24. The van der Waals surface area contributed by atoms with E-state index in [-0.39, 0.29) is 18.9 Å². The Bertz CT molecular complexity index is 346. The monoisotopic (exact) mass is 227 g/mol. The van der Waals surface area contributed by atoms with E-state index in [0.29, 0.717) is 12.2 Å². The largest absolute Gasteiger partial charge is 0.479 e. The lowest BCUT2D eigenvalue weighted by atomic mass is 10.2. The van der Waals surface area contributed by atoms with Crippen molar-refractivity contribution in [2.24, 2.45) is 0 Å². The van der Waals surface area contributed by atoms with Crippen molar-refractivity contribution in [3.05, 3.63) is 24.2 Å². The van der Waals surface area contributed by atoms with Gasteiger partial charge in [-0.15, -0.1) is 0 Å². The van der Waals surface area contributed by atoms with Crippen molar-refractivity contribution in [1.82, 2.24) is 5.32 Å². The van der Waals surface area contributed by atoms with Crippen molar-refractivity contribution < 1.29 is 24.2 Å². The Hall–Kier alpha value is -1.82. The normalized spacial score (nSPS) is 12.1. The molecule has 1 amide bonds. The third-order valence-corrected chi connectivity index (χ3v) is 1.96. The summed E-state index contributed by atoms with van der Waals surface area (Å²) in [5, 5.41) is 19.6. The number of aliphatic hydroxyl groups excluding tert-OH is 1. The topological polar surface area (TPSA) is 99.8 Å². The lowest BCUT2D eigenvalue weighted by Crippen LogP contribution is -2.36. The fraction of sp³-hybridized carbons (Fsp3) is 0.400. The van der Waals surface area contributed by atoms with Gasteiger partial charge in [-0.2, -0.15) is 0 Å². The Morgan fingerprint density at radius 1 is 1.50 bits per heavy atom. The van der Waals surface area contributed by atoms with Crippen molar-refractivity contribution in [2.75, 3.05) is 6.54 Å². The summed E-state index contributed by atoms with van der Waals surface area (Å²) in [5.74, 6) is -0.989. The summed E-state index contributed by atoms with van der Waals surface area (Å²) in [6.07, 6.45) is 0.594. The van der Waals surface area contributed by atoms with Crippen LogP contribution >= 0.6 is 0 Å². The summed E-state index contributed by atoms with van der Waals surface area (Å²) in [4.78, 5) is 21.4. The van der Waals surface area contributed by atoms with E-state index < -0.39 is 12.1 Å². The predicted molar refractivity (Wildman–Crippen MR) is 53.7 cm³/mol. The van der Waals surface area contributed by atoms with Gasteiger partial charge in [-0.25, -0.2) is 4.79 Å². The van der Waals surface area contributed by atoms with Crippen molar-refractivity contribution in [2.45, 2.75) is 18.9 Å². The second-order valence-electron chi connectivity index (χ2n) is 3.24. The Labute approximate surface area is 91.9 Å². The summed E-state index contributed by atoms with van der Waals surface area (Å²) < 4.78 is 5.02. The van der Waals surface area contributed by atoms with Gasteiger partial charge in [-0.1, -0.05) is 0 Å². The van der Waals surface area contributed by atoms with Crippen molar-refractivity contribution >= 4 is 11.9 Å². The molecule has 0 bridgehead atoms. The predicted octanol–water partition coefficient (Wildman–Crippen LogP) is -0.226. The van der Waals surface area contributed by atoms with E-state index in [1.807, 2.05) is 0 Å². The maximum atomic E-state index is 11.2. The Kier molecular flexibility index (Phi) is 4.53. The Morgan fingerprint density at radius 2 is 2.25 bits per heavy atom. The van der Waals surface area contributed by atoms with Gasteiger partial charge in [-0.3, -0.25) is 4.79 Å². The van der Waals surface area contributed by atoms with Gasteiger partial charge in [0.15, 0.2) is 6.10 Å². The molecule has 0 radical (unpaired) electrons. The van der Waals surface area contributed by atoms with E-state index in [1.54, 1.807) is 12.1 Å². The van der Waals surface area contributed by atoms with E-state index >= 15 is 0 Å². The Balaban J connectivity index is 2.19. The number of aryl methyl sites for hydroxylation is 1. The third kappa shape index (κ3) is 4.14. The first-order chi connectivity index (χ1) is 7.59. The van der Waals surface area contributed by atoms with Crippen LogP contribution in [0, 0.1) is 0 Å². The summed E-state index contributed by atoms with van der Waals surface area (Å²) in [7, 11) is 0. The number of carbonyl (C=O) groups is 2. The van der Waals surface area contributed by atoms with Gasteiger partial charge in [-0.05, 0) is 12.1 Å². The molecule has 1 aromatic heterocycles. The zero-order valence-corrected chi connectivity index (χ0v) is 8.55. The Morgan fingerprint density at radius 3 is 2.81 bits per heavy atom. The molecule has 1 atom stereocenters. The molecule has 0 spiro atoms. The second kappa shape index (κ2) is 5.92. The number of amides is 1. The molecule has 0 aliphatic carbocycles. The van der Waals surface area contributed by atoms with Crippen LogP contribution in [-0.2, 0) is 16.0 Å². The van der Waals surface area contributed by atoms with Crippen LogP contribution in [0.25, 0.3) is 0 Å². The molecule has 1 rings (SSSR count). The number of aliphatic hydroxyl groups is 1. The van der Waals surface area contributed by atoms with Crippen LogP contribution in [0.1, 0.15) is 12.2 Å². The van der Waals surface area contributed by atoms with Gasteiger partial charge in [0, 0.05) is 12.8 Å².